The van der Waals surface area contributed by atoms with Crippen molar-refractivity contribution >= 4 is 23.2 Å². The van der Waals surface area contributed by atoms with Crippen LogP contribution >= 0.6 is 11.6 Å². The van der Waals surface area contributed by atoms with Crippen LogP contribution in [0.1, 0.15) is 12.5 Å². The number of benzene rings is 1. The van der Waals surface area contributed by atoms with Crippen LogP contribution in [0.25, 0.3) is 0 Å². The van der Waals surface area contributed by atoms with Crippen molar-refractivity contribution in [3.05, 3.63) is 28.8 Å². The lowest BCUT2D eigenvalue weighted by molar-refractivity contribution is -0.120. The van der Waals surface area contributed by atoms with Gasteiger partial charge in [-0.1, -0.05) is 17.7 Å². The van der Waals surface area contributed by atoms with Crippen LogP contribution in [0, 0.1) is 6.92 Å². The third kappa shape index (κ3) is 4.94. The van der Waals surface area contributed by atoms with Crippen LogP contribution in [0.5, 0.6) is 0 Å². The summed E-state index contributed by atoms with van der Waals surface area (Å²) in [5.41, 5.74) is 1.86. The second kappa shape index (κ2) is 7.24. The van der Waals surface area contributed by atoms with Crippen molar-refractivity contribution in [2.75, 3.05) is 25.6 Å². The van der Waals surface area contributed by atoms with Crippen molar-refractivity contribution in [1.82, 2.24) is 5.32 Å². The summed E-state index contributed by atoms with van der Waals surface area (Å²) in [5.74, 6) is -0.0860. The summed E-state index contributed by atoms with van der Waals surface area (Å²) in [6, 6.07) is 5.64. The van der Waals surface area contributed by atoms with Gasteiger partial charge in [0.1, 0.15) is 0 Å². The van der Waals surface area contributed by atoms with E-state index >= 15 is 0 Å². The Bertz CT molecular complexity index is 410. The molecular weight excluding hydrogens is 252 g/mol. The molecule has 5 heteroatoms. The second-order valence-corrected chi connectivity index (χ2v) is 4.67. The van der Waals surface area contributed by atoms with Gasteiger partial charge >= 0.3 is 0 Å². The van der Waals surface area contributed by atoms with Crippen molar-refractivity contribution in [1.29, 1.82) is 0 Å². The molecule has 0 bridgehead atoms. The molecule has 1 unspecified atom stereocenters. The maximum Gasteiger partial charge on any atom is 0.239 e. The van der Waals surface area contributed by atoms with Crippen LogP contribution in [-0.2, 0) is 9.53 Å². The number of ether oxygens (including phenoxy) is 1. The van der Waals surface area contributed by atoms with E-state index in [0.717, 1.165) is 11.3 Å². The summed E-state index contributed by atoms with van der Waals surface area (Å²) >= 11 is 6.02. The van der Waals surface area contributed by atoms with Gasteiger partial charge in [0.05, 0.1) is 23.9 Å². The van der Waals surface area contributed by atoms with Gasteiger partial charge in [0.15, 0.2) is 0 Å². The number of hydrogen-bond acceptors (Lipinski definition) is 3. The molecule has 0 heterocycles. The Balaban J connectivity index is 2.45. The number of rotatable bonds is 6. The summed E-state index contributed by atoms with van der Waals surface area (Å²) < 4.78 is 4.95. The highest BCUT2D eigenvalue weighted by Gasteiger charge is 2.07. The zero-order chi connectivity index (χ0) is 13.5. The molecule has 0 spiro atoms. The van der Waals surface area contributed by atoms with Gasteiger partial charge < -0.3 is 15.4 Å². The predicted molar refractivity (Wildman–Crippen MR) is 74.2 cm³/mol. The van der Waals surface area contributed by atoms with Crippen molar-refractivity contribution in [3.8, 4) is 0 Å². The predicted octanol–water partition coefficient (Wildman–Crippen LogP) is 2.21. The Morgan fingerprint density at radius 3 is 2.89 bits per heavy atom. The minimum atomic E-state index is -0.0860. The molecule has 0 aliphatic rings. The van der Waals surface area contributed by atoms with Crippen molar-refractivity contribution in [2.45, 2.75) is 19.9 Å². The quantitative estimate of drug-likeness (QED) is 0.833. The van der Waals surface area contributed by atoms with E-state index in [1.807, 2.05) is 32.0 Å². The Morgan fingerprint density at radius 2 is 2.22 bits per heavy atom. The second-order valence-electron chi connectivity index (χ2n) is 4.26. The number of carbonyl (C=O) groups is 1. The topological polar surface area (TPSA) is 50.4 Å². The molecular formula is C13H19ClN2O2. The molecule has 4 nitrogen and oxygen atoms in total. The zero-order valence-electron chi connectivity index (χ0n) is 10.9. The fourth-order valence-electron chi connectivity index (χ4n) is 1.57. The maximum absolute atomic E-state index is 11.6. The molecule has 18 heavy (non-hydrogen) atoms. The molecule has 0 saturated carbocycles. The lowest BCUT2D eigenvalue weighted by Crippen LogP contribution is -2.39. The number of carbonyl (C=O) groups excluding carboxylic acids is 1. The number of amides is 1. The van der Waals surface area contributed by atoms with Crippen molar-refractivity contribution < 1.29 is 9.53 Å². The van der Waals surface area contributed by atoms with Gasteiger partial charge in [-0.15, -0.1) is 0 Å². The standard InChI is InChI=1S/C13H19ClN2O2/c1-9-4-5-11(14)12(6-9)15-7-13(17)16-10(2)8-18-3/h4-6,10,15H,7-8H2,1-3H3,(H,16,17). The highest BCUT2D eigenvalue weighted by atomic mass is 35.5. The molecule has 0 aromatic heterocycles. The van der Waals surface area contributed by atoms with Crippen molar-refractivity contribution in [2.24, 2.45) is 0 Å². The highest BCUT2D eigenvalue weighted by Crippen LogP contribution is 2.22. The van der Waals surface area contributed by atoms with E-state index in [1.54, 1.807) is 7.11 Å². The third-order valence-corrected chi connectivity index (χ3v) is 2.71. The average molecular weight is 271 g/mol. The fourth-order valence-corrected chi connectivity index (χ4v) is 1.75. The Kier molecular flexibility index (Phi) is 5.95. The van der Waals surface area contributed by atoms with E-state index in [2.05, 4.69) is 10.6 Å². The monoisotopic (exact) mass is 270 g/mol. The molecule has 0 aliphatic heterocycles. The Hall–Kier alpha value is -1.26. The number of halogens is 1. The number of hydrogen-bond donors (Lipinski definition) is 2. The molecule has 0 aliphatic carbocycles. The molecule has 0 saturated heterocycles. The third-order valence-electron chi connectivity index (χ3n) is 2.39. The highest BCUT2D eigenvalue weighted by molar-refractivity contribution is 6.33. The van der Waals surface area contributed by atoms with Gasteiger partial charge in [-0.2, -0.15) is 0 Å². The molecule has 0 fully saturated rings. The van der Waals surface area contributed by atoms with Crippen LogP contribution in [-0.4, -0.2) is 32.2 Å². The minimum Gasteiger partial charge on any atom is -0.383 e. The lowest BCUT2D eigenvalue weighted by atomic mass is 10.2. The van der Waals surface area contributed by atoms with Gasteiger partial charge in [0, 0.05) is 13.2 Å². The van der Waals surface area contributed by atoms with Crippen LogP contribution in [0.2, 0.25) is 5.02 Å². The largest absolute Gasteiger partial charge is 0.383 e. The van der Waals surface area contributed by atoms with E-state index in [4.69, 9.17) is 16.3 Å². The lowest BCUT2D eigenvalue weighted by Gasteiger charge is -2.14. The van der Waals surface area contributed by atoms with Crippen LogP contribution in [0.4, 0.5) is 5.69 Å². The first-order chi connectivity index (χ1) is 8.52. The summed E-state index contributed by atoms with van der Waals surface area (Å²) in [7, 11) is 1.60. The molecule has 1 rings (SSSR count). The molecule has 2 N–H and O–H groups in total. The molecule has 1 amide bonds. The molecule has 100 valence electrons. The van der Waals surface area contributed by atoms with Crippen LogP contribution in [0.15, 0.2) is 18.2 Å². The van der Waals surface area contributed by atoms with E-state index in [0.29, 0.717) is 11.6 Å². The molecule has 1 aromatic rings. The van der Waals surface area contributed by atoms with Crippen LogP contribution in [0.3, 0.4) is 0 Å². The zero-order valence-corrected chi connectivity index (χ0v) is 11.7. The van der Waals surface area contributed by atoms with Gasteiger partial charge in [-0.25, -0.2) is 0 Å². The summed E-state index contributed by atoms with van der Waals surface area (Å²) in [4.78, 5) is 11.6. The normalized spacial score (nSPS) is 12.0. The molecule has 0 radical (unpaired) electrons. The van der Waals surface area contributed by atoms with Gasteiger partial charge in [0.25, 0.3) is 0 Å². The van der Waals surface area contributed by atoms with E-state index in [9.17, 15) is 4.79 Å². The first-order valence-electron chi connectivity index (χ1n) is 5.81. The summed E-state index contributed by atoms with van der Waals surface area (Å²) in [6.07, 6.45) is 0. The Labute approximate surface area is 113 Å². The van der Waals surface area contributed by atoms with Crippen molar-refractivity contribution in [3.63, 3.8) is 0 Å². The first kappa shape index (κ1) is 14.8. The van der Waals surface area contributed by atoms with Gasteiger partial charge in [0.2, 0.25) is 5.91 Å². The average Bonchev–Trinajstić information content (AvgIpc) is 2.30. The maximum atomic E-state index is 11.6. The number of aryl methyl sites for hydroxylation is 1. The molecule has 1 aromatic carbocycles. The van der Waals surface area contributed by atoms with E-state index < -0.39 is 0 Å². The number of methoxy groups -OCH3 is 1. The van der Waals surface area contributed by atoms with Gasteiger partial charge in [-0.05, 0) is 31.5 Å². The minimum absolute atomic E-state index is 0.00252. The van der Waals surface area contributed by atoms with E-state index in [-0.39, 0.29) is 18.5 Å². The number of nitrogens with one attached hydrogen (secondary N) is 2. The Morgan fingerprint density at radius 1 is 1.50 bits per heavy atom. The first-order valence-corrected chi connectivity index (χ1v) is 6.19. The molecule has 1 atom stereocenters. The fraction of sp³-hybridized carbons (Fsp3) is 0.462. The SMILES string of the molecule is COCC(C)NC(=O)CNc1cc(C)ccc1Cl. The van der Waals surface area contributed by atoms with E-state index in [1.165, 1.54) is 0 Å². The number of anilines is 1. The summed E-state index contributed by atoms with van der Waals surface area (Å²) in [6.45, 7) is 4.55. The van der Waals surface area contributed by atoms with Gasteiger partial charge in [-0.3, -0.25) is 4.79 Å². The smallest absolute Gasteiger partial charge is 0.239 e. The summed E-state index contributed by atoms with van der Waals surface area (Å²) in [5, 5.41) is 6.44. The van der Waals surface area contributed by atoms with Crippen LogP contribution < -0.4 is 10.6 Å².